The molecule has 1 fully saturated rings. The van der Waals surface area contributed by atoms with Crippen LogP contribution in [0.15, 0.2) is 4.52 Å². The maximum absolute atomic E-state index is 5.64. The first-order chi connectivity index (χ1) is 9.74. The van der Waals surface area contributed by atoms with Crippen molar-refractivity contribution >= 4 is 0 Å². The lowest BCUT2D eigenvalue weighted by Gasteiger charge is -2.25. The summed E-state index contributed by atoms with van der Waals surface area (Å²) in [6.45, 7) is 9.10. The summed E-state index contributed by atoms with van der Waals surface area (Å²) in [5.74, 6) is 1.36. The predicted octanol–water partition coefficient (Wildman–Crippen LogP) is 1.53. The van der Waals surface area contributed by atoms with Gasteiger partial charge in [0, 0.05) is 20.2 Å². The van der Waals surface area contributed by atoms with Gasteiger partial charge in [-0.25, -0.2) is 0 Å². The molecule has 6 nitrogen and oxygen atoms in total. The Labute approximate surface area is 120 Å². The number of nitrogens with zero attached hydrogens (tertiary/aromatic N) is 3. The van der Waals surface area contributed by atoms with Crippen LogP contribution in [0.1, 0.15) is 44.8 Å². The van der Waals surface area contributed by atoms with Gasteiger partial charge < -0.3 is 14.6 Å². The van der Waals surface area contributed by atoms with E-state index in [1.54, 1.807) is 7.11 Å². The summed E-state index contributed by atoms with van der Waals surface area (Å²) in [6, 6.07) is 0. The molecule has 0 amide bonds. The lowest BCUT2D eigenvalue weighted by Crippen LogP contribution is -2.29. The second-order valence-corrected chi connectivity index (χ2v) is 5.30. The van der Waals surface area contributed by atoms with Gasteiger partial charge in [-0.3, -0.25) is 4.90 Å². The molecule has 2 heterocycles. The SMILES string of the molecule is CCC(CC)(OC)c1noc(CN2CCCNCC2)n1. The molecule has 1 N–H and O–H groups in total. The van der Waals surface area contributed by atoms with Crippen LogP contribution in [0.2, 0.25) is 0 Å². The summed E-state index contributed by atoms with van der Waals surface area (Å²) in [4.78, 5) is 6.91. The van der Waals surface area contributed by atoms with E-state index < -0.39 is 5.60 Å². The molecule has 114 valence electrons. The van der Waals surface area contributed by atoms with Gasteiger partial charge in [-0.1, -0.05) is 19.0 Å². The van der Waals surface area contributed by atoms with Crippen molar-refractivity contribution in [3.63, 3.8) is 0 Å². The van der Waals surface area contributed by atoms with E-state index in [9.17, 15) is 0 Å². The summed E-state index contributed by atoms with van der Waals surface area (Å²) in [5.41, 5.74) is -0.415. The van der Waals surface area contributed by atoms with E-state index in [0.29, 0.717) is 11.7 Å². The van der Waals surface area contributed by atoms with Gasteiger partial charge in [0.2, 0.25) is 11.7 Å². The van der Waals surface area contributed by atoms with Crippen molar-refractivity contribution in [2.24, 2.45) is 0 Å². The number of ether oxygens (including phenoxy) is 1. The number of hydrogen-bond donors (Lipinski definition) is 1. The molecule has 1 aromatic rings. The Morgan fingerprint density at radius 2 is 2.10 bits per heavy atom. The molecule has 1 aliphatic heterocycles. The van der Waals surface area contributed by atoms with E-state index in [0.717, 1.165) is 52.0 Å². The number of rotatable bonds is 6. The molecule has 0 spiro atoms. The molecule has 2 rings (SSSR count). The van der Waals surface area contributed by atoms with Gasteiger partial charge in [-0.05, 0) is 32.4 Å². The molecule has 0 aliphatic carbocycles. The maximum atomic E-state index is 5.64. The molecule has 1 aromatic heterocycles. The average molecular weight is 282 g/mol. The van der Waals surface area contributed by atoms with Crippen LogP contribution < -0.4 is 5.32 Å². The summed E-state index contributed by atoms with van der Waals surface area (Å²) in [5, 5.41) is 7.53. The minimum absolute atomic E-state index is 0.415. The van der Waals surface area contributed by atoms with E-state index in [1.165, 1.54) is 0 Å². The highest BCUT2D eigenvalue weighted by Gasteiger charge is 2.33. The second kappa shape index (κ2) is 7.15. The van der Waals surface area contributed by atoms with Crippen molar-refractivity contribution in [2.45, 2.75) is 45.3 Å². The van der Waals surface area contributed by atoms with Crippen molar-refractivity contribution in [1.29, 1.82) is 0 Å². The van der Waals surface area contributed by atoms with Crippen molar-refractivity contribution < 1.29 is 9.26 Å². The van der Waals surface area contributed by atoms with Crippen LogP contribution in [0.3, 0.4) is 0 Å². The highest BCUT2D eigenvalue weighted by atomic mass is 16.5. The van der Waals surface area contributed by atoms with Gasteiger partial charge in [0.1, 0.15) is 5.60 Å². The average Bonchev–Trinajstić information content (AvgIpc) is 2.79. The fraction of sp³-hybridized carbons (Fsp3) is 0.857. The van der Waals surface area contributed by atoms with Crippen LogP contribution >= 0.6 is 0 Å². The fourth-order valence-electron chi connectivity index (χ4n) is 2.70. The minimum atomic E-state index is -0.415. The predicted molar refractivity (Wildman–Crippen MR) is 76.3 cm³/mol. The van der Waals surface area contributed by atoms with Crippen molar-refractivity contribution in [3.05, 3.63) is 11.7 Å². The molecule has 20 heavy (non-hydrogen) atoms. The Morgan fingerprint density at radius 1 is 1.30 bits per heavy atom. The quantitative estimate of drug-likeness (QED) is 0.853. The molecule has 0 saturated carbocycles. The van der Waals surface area contributed by atoms with Gasteiger partial charge in [0.15, 0.2) is 0 Å². The Bertz CT molecular complexity index is 387. The zero-order valence-corrected chi connectivity index (χ0v) is 12.8. The van der Waals surface area contributed by atoms with Crippen molar-refractivity contribution in [3.8, 4) is 0 Å². The molecule has 0 atom stereocenters. The summed E-state index contributed by atoms with van der Waals surface area (Å²) in [7, 11) is 1.71. The van der Waals surface area contributed by atoms with Crippen LogP contribution in [0.5, 0.6) is 0 Å². The highest BCUT2D eigenvalue weighted by Crippen LogP contribution is 2.30. The van der Waals surface area contributed by atoms with E-state index in [4.69, 9.17) is 9.26 Å². The molecule has 1 aliphatic rings. The van der Waals surface area contributed by atoms with Crippen LogP contribution in [0, 0.1) is 0 Å². The first kappa shape index (κ1) is 15.4. The summed E-state index contributed by atoms with van der Waals surface area (Å²) in [6.07, 6.45) is 2.84. The summed E-state index contributed by atoms with van der Waals surface area (Å²) < 4.78 is 11.1. The normalized spacial score (nSPS) is 18.1. The van der Waals surface area contributed by atoms with Crippen LogP contribution in [0.25, 0.3) is 0 Å². The number of nitrogens with one attached hydrogen (secondary N) is 1. The van der Waals surface area contributed by atoms with E-state index in [-0.39, 0.29) is 0 Å². The lowest BCUT2D eigenvalue weighted by atomic mass is 9.96. The van der Waals surface area contributed by atoms with Crippen molar-refractivity contribution in [1.82, 2.24) is 20.4 Å². The van der Waals surface area contributed by atoms with E-state index in [2.05, 4.69) is 34.2 Å². The second-order valence-electron chi connectivity index (χ2n) is 5.30. The minimum Gasteiger partial charge on any atom is -0.370 e. The zero-order valence-electron chi connectivity index (χ0n) is 12.8. The molecule has 0 bridgehead atoms. The fourth-order valence-corrected chi connectivity index (χ4v) is 2.70. The molecule has 1 saturated heterocycles. The van der Waals surface area contributed by atoms with Crippen LogP contribution in [-0.4, -0.2) is 48.3 Å². The van der Waals surface area contributed by atoms with Gasteiger partial charge >= 0.3 is 0 Å². The lowest BCUT2D eigenvalue weighted by molar-refractivity contribution is -0.0306. The molecule has 6 heteroatoms. The Morgan fingerprint density at radius 3 is 2.80 bits per heavy atom. The van der Waals surface area contributed by atoms with Crippen molar-refractivity contribution in [2.75, 3.05) is 33.3 Å². The van der Waals surface area contributed by atoms with E-state index in [1.807, 2.05) is 0 Å². The molecule has 0 radical (unpaired) electrons. The first-order valence-corrected chi connectivity index (χ1v) is 7.55. The third kappa shape index (κ3) is 3.37. The highest BCUT2D eigenvalue weighted by molar-refractivity contribution is 5.01. The number of aromatic nitrogens is 2. The summed E-state index contributed by atoms with van der Waals surface area (Å²) >= 11 is 0. The van der Waals surface area contributed by atoms with Gasteiger partial charge in [-0.2, -0.15) is 4.98 Å². The third-order valence-corrected chi connectivity index (χ3v) is 4.20. The Hall–Kier alpha value is -0.980. The third-order valence-electron chi connectivity index (χ3n) is 4.20. The van der Waals surface area contributed by atoms with E-state index >= 15 is 0 Å². The topological polar surface area (TPSA) is 63.4 Å². The standard InChI is InChI=1S/C14H26N4O2/c1-4-14(5-2,19-3)13-16-12(20-17-13)11-18-9-6-7-15-8-10-18/h15H,4-11H2,1-3H3. The largest absolute Gasteiger partial charge is 0.370 e. The number of methoxy groups -OCH3 is 1. The molecular formula is C14H26N4O2. The van der Waals surface area contributed by atoms with Gasteiger partial charge in [-0.15, -0.1) is 0 Å². The van der Waals surface area contributed by atoms with Gasteiger partial charge in [0.05, 0.1) is 6.54 Å². The molecular weight excluding hydrogens is 256 g/mol. The first-order valence-electron chi connectivity index (χ1n) is 7.55. The molecule has 0 unspecified atom stereocenters. The smallest absolute Gasteiger partial charge is 0.240 e. The zero-order chi connectivity index (χ0) is 14.4. The Balaban J connectivity index is 2.04. The monoisotopic (exact) mass is 282 g/mol. The van der Waals surface area contributed by atoms with Gasteiger partial charge in [0.25, 0.3) is 0 Å². The van der Waals surface area contributed by atoms with Crippen LogP contribution in [-0.2, 0) is 16.9 Å². The van der Waals surface area contributed by atoms with Crippen LogP contribution in [0.4, 0.5) is 0 Å². The maximum Gasteiger partial charge on any atom is 0.240 e. The molecule has 0 aromatic carbocycles. The Kier molecular flexibility index (Phi) is 5.51. The number of hydrogen-bond acceptors (Lipinski definition) is 6.